The van der Waals surface area contributed by atoms with E-state index in [0.29, 0.717) is 35.1 Å². The summed E-state index contributed by atoms with van der Waals surface area (Å²) >= 11 is 1.27. The molecule has 1 saturated carbocycles. The van der Waals surface area contributed by atoms with Gasteiger partial charge in [-0.25, -0.2) is 15.0 Å². The van der Waals surface area contributed by atoms with Gasteiger partial charge in [-0.3, -0.25) is 4.79 Å². The van der Waals surface area contributed by atoms with Crippen LogP contribution < -0.4 is 15.0 Å². The van der Waals surface area contributed by atoms with Crippen molar-refractivity contribution in [1.82, 2.24) is 15.0 Å². The topological polar surface area (TPSA) is 98.7 Å². The lowest BCUT2D eigenvalue weighted by Crippen LogP contribution is -2.47. The van der Waals surface area contributed by atoms with Gasteiger partial charge in [0.1, 0.15) is 0 Å². The molecular formula is C18H23N5O4S. The van der Waals surface area contributed by atoms with Crippen LogP contribution in [-0.4, -0.2) is 59.9 Å². The minimum Gasteiger partial charge on any atom is -0.442 e. The summed E-state index contributed by atoms with van der Waals surface area (Å²) in [5, 5.41) is 3.92. The van der Waals surface area contributed by atoms with Crippen molar-refractivity contribution in [2.24, 2.45) is 5.92 Å². The Hall–Kier alpha value is -2.30. The van der Waals surface area contributed by atoms with Crippen molar-refractivity contribution < 1.29 is 19.0 Å². The number of aromatic nitrogens is 3. The highest BCUT2D eigenvalue weighted by Gasteiger charge is 2.44. The van der Waals surface area contributed by atoms with Crippen LogP contribution in [0, 0.1) is 5.92 Å². The van der Waals surface area contributed by atoms with E-state index in [1.165, 1.54) is 11.3 Å². The molecule has 10 heteroatoms. The van der Waals surface area contributed by atoms with Crippen LogP contribution in [-0.2, 0) is 14.3 Å². The van der Waals surface area contributed by atoms with Gasteiger partial charge in [0.2, 0.25) is 16.9 Å². The number of ether oxygens (including phenoxy) is 3. The standard InChI is InChI=1S/C18H23N5O4S/c1-18(25-2)7-12(8-18)15(24)22-17-21-11-14(28-17)27-13-9-19-16(20-10-13)23-3-5-26-6-4-23/h9-12H,3-8H2,1-2H3,(H,21,22,24). The number of anilines is 2. The van der Waals surface area contributed by atoms with Gasteiger partial charge in [-0.15, -0.1) is 0 Å². The van der Waals surface area contributed by atoms with Crippen molar-refractivity contribution >= 4 is 28.3 Å². The third kappa shape index (κ3) is 4.23. The van der Waals surface area contributed by atoms with E-state index in [1.54, 1.807) is 25.7 Å². The number of morpholine rings is 1. The molecule has 0 atom stereocenters. The Morgan fingerprint density at radius 3 is 2.64 bits per heavy atom. The van der Waals surface area contributed by atoms with Crippen molar-refractivity contribution in [3.63, 3.8) is 0 Å². The molecule has 1 N–H and O–H groups in total. The first-order valence-electron chi connectivity index (χ1n) is 9.19. The lowest BCUT2D eigenvalue weighted by Gasteiger charge is -2.42. The average Bonchev–Trinajstić information content (AvgIpc) is 3.13. The third-order valence-corrected chi connectivity index (χ3v) is 5.85. The number of nitrogens with one attached hydrogen (secondary N) is 1. The van der Waals surface area contributed by atoms with Crippen LogP contribution >= 0.6 is 11.3 Å². The molecule has 0 aromatic carbocycles. The molecule has 0 spiro atoms. The number of hydrogen-bond donors (Lipinski definition) is 1. The number of rotatable bonds is 6. The van der Waals surface area contributed by atoms with Crippen molar-refractivity contribution in [1.29, 1.82) is 0 Å². The molecule has 1 aliphatic heterocycles. The number of carbonyl (C=O) groups excluding carboxylic acids is 1. The van der Waals surface area contributed by atoms with Gasteiger partial charge in [-0.05, 0) is 19.8 Å². The van der Waals surface area contributed by atoms with Gasteiger partial charge >= 0.3 is 0 Å². The molecule has 2 aliphatic rings. The Kier molecular flexibility index (Phi) is 5.42. The lowest BCUT2D eigenvalue weighted by atomic mass is 9.71. The first-order chi connectivity index (χ1) is 13.5. The maximum absolute atomic E-state index is 12.3. The van der Waals surface area contributed by atoms with E-state index in [0.717, 1.165) is 25.9 Å². The summed E-state index contributed by atoms with van der Waals surface area (Å²) in [6.07, 6.45) is 6.29. The van der Waals surface area contributed by atoms with Gasteiger partial charge in [-0.2, -0.15) is 0 Å². The Morgan fingerprint density at radius 2 is 1.96 bits per heavy atom. The Balaban J connectivity index is 1.30. The summed E-state index contributed by atoms with van der Waals surface area (Å²) in [6.45, 7) is 4.94. The quantitative estimate of drug-likeness (QED) is 0.782. The van der Waals surface area contributed by atoms with Crippen molar-refractivity contribution in [3.8, 4) is 10.8 Å². The summed E-state index contributed by atoms with van der Waals surface area (Å²) < 4.78 is 16.5. The van der Waals surface area contributed by atoms with Crippen molar-refractivity contribution in [3.05, 3.63) is 18.6 Å². The Bertz CT molecular complexity index is 816. The van der Waals surface area contributed by atoms with Gasteiger partial charge in [0.15, 0.2) is 10.9 Å². The molecule has 1 saturated heterocycles. The van der Waals surface area contributed by atoms with Crippen LogP contribution in [0.2, 0.25) is 0 Å². The molecule has 4 rings (SSSR count). The van der Waals surface area contributed by atoms with Crippen LogP contribution in [0.1, 0.15) is 19.8 Å². The molecule has 2 fully saturated rings. The van der Waals surface area contributed by atoms with E-state index in [2.05, 4.69) is 25.2 Å². The predicted molar refractivity (Wildman–Crippen MR) is 104 cm³/mol. The van der Waals surface area contributed by atoms with Gasteiger partial charge < -0.3 is 24.4 Å². The first-order valence-corrected chi connectivity index (χ1v) is 10.0. The molecule has 1 aliphatic carbocycles. The number of amides is 1. The maximum atomic E-state index is 12.3. The normalized spacial score (nSPS) is 24.5. The molecular weight excluding hydrogens is 382 g/mol. The summed E-state index contributed by atoms with van der Waals surface area (Å²) in [5.41, 5.74) is -0.188. The minimum absolute atomic E-state index is 0.0337. The summed E-state index contributed by atoms with van der Waals surface area (Å²) in [7, 11) is 1.68. The molecule has 150 valence electrons. The van der Waals surface area contributed by atoms with Gasteiger partial charge in [-0.1, -0.05) is 11.3 Å². The maximum Gasteiger partial charge on any atom is 0.229 e. The van der Waals surface area contributed by atoms with E-state index in [9.17, 15) is 4.79 Å². The van der Waals surface area contributed by atoms with Crippen LogP contribution in [0.5, 0.6) is 10.8 Å². The summed E-state index contributed by atoms with van der Waals surface area (Å²) in [6, 6.07) is 0. The van der Waals surface area contributed by atoms with Gasteiger partial charge in [0, 0.05) is 26.1 Å². The van der Waals surface area contributed by atoms with Crippen LogP contribution in [0.3, 0.4) is 0 Å². The largest absolute Gasteiger partial charge is 0.442 e. The van der Waals surface area contributed by atoms with Crippen molar-refractivity contribution in [2.75, 3.05) is 43.6 Å². The Morgan fingerprint density at radius 1 is 1.25 bits per heavy atom. The zero-order valence-electron chi connectivity index (χ0n) is 15.9. The summed E-state index contributed by atoms with van der Waals surface area (Å²) in [5.74, 6) is 1.11. The van der Waals surface area contributed by atoms with Gasteiger partial charge in [0.25, 0.3) is 0 Å². The second-order valence-corrected chi connectivity index (χ2v) is 8.15. The molecule has 0 bridgehead atoms. The number of methoxy groups -OCH3 is 1. The highest BCUT2D eigenvalue weighted by atomic mass is 32.1. The van der Waals surface area contributed by atoms with Crippen LogP contribution in [0.4, 0.5) is 11.1 Å². The molecule has 2 aromatic rings. The monoisotopic (exact) mass is 405 g/mol. The molecule has 9 nitrogen and oxygen atoms in total. The van der Waals surface area contributed by atoms with Gasteiger partial charge in [0.05, 0.1) is 37.4 Å². The number of hydrogen-bond acceptors (Lipinski definition) is 9. The SMILES string of the molecule is COC1(C)CC(C(=O)Nc2ncc(Oc3cnc(N4CCOCC4)nc3)s2)C1. The number of nitrogens with zero attached hydrogens (tertiary/aromatic N) is 4. The predicted octanol–water partition coefficient (Wildman–Crippen LogP) is 2.32. The number of carbonyl (C=O) groups is 1. The lowest BCUT2D eigenvalue weighted by molar-refractivity contribution is -0.138. The fourth-order valence-corrected chi connectivity index (χ4v) is 4.00. The van der Waals surface area contributed by atoms with E-state index in [4.69, 9.17) is 14.2 Å². The minimum atomic E-state index is -0.188. The molecule has 0 unspecified atom stereocenters. The third-order valence-electron chi connectivity index (χ3n) is 5.06. The van der Waals surface area contributed by atoms with E-state index in [1.807, 2.05) is 6.92 Å². The highest BCUT2D eigenvalue weighted by Crippen LogP contribution is 2.41. The Labute approximate surface area is 167 Å². The van der Waals surface area contributed by atoms with Crippen LogP contribution in [0.25, 0.3) is 0 Å². The second-order valence-electron chi connectivity index (χ2n) is 7.15. The average molecular weight is 405 g/mol. The highest BCUT2D eigenvalue weighted by molar-refractivity contribution is 7.17. The fourth-order valence-electron chi connectivity index (χ4n) is 3.31. The molecule has 3 heterocycles. The van der Waals surface area contributed by atoms with E-state index in [-0.39, 0.29) is 17.4 Å². The van der Waals surface area contributed by atoms with Crippen LogP contribution in [0.15, 0.2) is 18.6 Å². The molecule has 0 radical (unpaired) electrons. The molecule has 1 amide bonds. The zero-order valence-corrected chi connectivity index (χ0v) is 16.7. The zero-order chi connectivity index (χ0) is 19.6. The van der Waals surface area contributed by atoms with E-state index < -0.39 is 0 Å². The van der Waals surface area contributed by atoms with Crippen molar-refractivity contribution in [2.45, 2.75) is 25.4 Å². The molecule has 28 heavy (non-hydrogen) atoms. The first kappa shape index (κ1) is 19.0. The smallest absolute Gasteiger partial charge is 0.229 e. The fraction of sp³-hybridized carbons (Fsp3) is 0.556. The number of thiazole rings is 1. The second kappa shape index (κ2) is 7.98. The van der Waals surface area contributed by atoms with E-state index >= 15 is 0 Å². The molecule has 2 aromatic heterocycles. The summed E-state index contributed by atoms with van der Waals surface area (Å²) in [4.78, 5) is 27.3.